The summed E-state index contributed by atoms with van der Waals surface area (Å²) in [6.45, 7) is 8.05. The minimum atomic E-state index is -0.498. The highest BCUT2D eigenvalue weighted by molar-refractivity contribution is 5.85. The first-order valence-corrected chi connectivity index (χ1v) is 9.31. The van der Waals surface area contributed by atoms with Crippen LogP contribution >= 0.6 is 0 Å². The summed E-state index contributed by atoms with van der Waals surface area (Å²) >= 11 is 0. The lowest BCUT2D eigenvalue weighted by atomic mass is 9.77. The molecule has 26 heavy (non-hydrogen) atoms. The van der Waals surface area contributed by atoms with Crippen LogP contribution in [-0.4, -0.2) is 47.0 Å². The predicted octanol–water partition coefficient (Wildman–Crippen LogP) is 3.02. The number of carbonyl (C=O) groups is 2. The van der Waals surface area contributed by atoms with Gasteiger partial charge in [0, 0.05) is 31.9 Å². The molecule has 0 radical (unpaired) electrons. The summed E-state index contributed by atoms with van der Waals surface area (Å²) in [7, 11) is 0. The summed E-state index contributed by atoms with van der Waals surface area (Å²) in [5.74, 6) is 0.199. The fourth-order valence-electron chi connectivity index (χ4n) is 3.84. The van der Waals surface area contributed by atoms with Crippen molar-refractivity contribution in [3.63, 3.8) is 0 Å². The second-order valence-electron chi connectivity index (χ2n) is 8.42. The Kier molecular flexibility index (Phi) is 4.86. The third-order valence-corrected chi connectivity index (χ3v) is 5.39. The number of ether oxygens (including phenoxy) is 1. The van der Waals surface area contributed by atoms with Crippen LogP contribution in [0.3, 0.4) is 0 Å². The number of nitrogens with two attached hydrogens (primary N) is 1. The molecular weight excluding hydrogens is 330 g/mol. The minimum Gasteiger partial charge on any atom is -0.444 e. The van der Waals surface area contributed by atoms with E-state index in [0.717, 1.165) is 24.2 Å². The van der Waals surface area contributed by atoms with Gasteiger partial charge in [-0.15, -0.1) is 0 Å². The molecule has 2 amide bonds. The fraction of sp³-hybridized carbons (Fsp3) is 0.600. The number of likely N-dealkylation sites (tertiary alicyclic amines) is 2. The predicted molar refractivity (Wildman–Crippen MR) is 100 cm³/mol. The molecule has 0 aliphatic carbocycles. The normalized spacial score (nSPS) is 19.9. The van der Waals surface area contributed by atoms with E-state index in [0.29, 0.717) is 32.5 Å². The van der Waals surface area contributed by atoms with Crippen molar-refractivity contribution >= 4 is 17.7 Å². The average Bonchev–Trinajstić information content (AvgIpc) is 2.86. The first-order chi connectivity index (χ1) is 12.2. The molecule has 1 aromatic carbocycles. The highest BCUT2D eigenvalue weighted by Crippen LogP contribution is 2.42. The van der Waals surface area contributed by atoms with Gasteiger partial charge in [0.25, 0.3) is 0 Å². The van der Waals surface area contributed by atoms with Gasteiger partial charge in [-0.2, -0.15) is 0 Å². The Morgan fingerprint density at radius 3 is 2.38 bits per heavy atom. The number of carbonyl (C=O) groups excluding carboxylic acids is 2. The standard InChI is InChI=1S/C20H29N3O3/c1-19(2,3)26-18(25)22-11-8-20(9-12-22)10-13-23(17(20)24)14-15-6-4-5-7-16(15)21/h4-7H,8-14,21H2,1-3H3. The number of piperidine rings is 1. The van der Waals surface area contributed by atoms with E-state index in [1.165, 1.54) is 0 Å². The van der Waals surface area contributed by atoms with Gasteiger partial charge in [-0.05, 0) is 51.7 Å². The van der Waals surface area contributed by atoms with Crippen molar-refractivity contribution in [2.24, 2.45) is 5.41 Å². The first-order valence-electron chi connectivity index (χ1n) is 9.31. The van der Waals surface area contributed by atoms with Gasteiger partial charge in [-0.25, -0.2) is 4.79 Å². The molecule has 0 unspecified atom stereocenters. The van der Waals surface area contributed by atoms with Crippen molar-refractivity contribution in [2.75, 3.05) is 25.4 Å². The summed E-state index contributed by atoms with van der Waals surface area (Å²) in [6.07, 6.45) is 1.96. The zero-order valence-electron chi connectivity index (χ0n) is 16.0. The smallest absolute Gasteiger partial charge is 0.410 e. The number of rotatable bonds is 2. The van der Waals surface area contributed by atoms with Crippen molar-refractivity contribution in [1.82, 2.24) is 9.80 Å². The van der Waals surface area contributed by atoms with E-state index in [-0.39, 0.29) is 17.4 Å². The zero-order chi connectivity index (χ0) is 18.9. The van der Waals surface area contributed by atoms with Gasteiger partial charge >= 0.3 is 6.09 Å². The van der Waals surface area contributed by atoms with E-state index in [1.807, 2.05) is 49.9 Å². The summed E-state index contributed by atoms with van der Waals surface area (Å²) in [4.78, 5) is 28.9. The third-order valence-electron chi connectivity index (χ3n) is 5.39. The SMILES string of the molecule is CC(C)(C)OC(=O)N1CCC2(CC1)CCN(Cc1ccccc1N)C2=O. The first kappa shape index (κ1) is 18.5. The van der Waals surface area contributed by atoms with Crippen molar-refractivity contribution in [1.29, 1.82) is 0 Å². The van der Waals surface area contributed by atoms with Crippen LogP contribution in [0.15, 0.2) is 24.3 Å². The highest BCUT2D eigenvalue weighted by Gasteiger charge is 2.48. The molecule has 3 rings (SSSR count). The van der Waals surface area contributed by atoms with Gasteiger partial charge in [0.2, 0.25) is 5.91 Å². The van der Waals surface area contributed by atoms with Gasteiger partial charge in [0.15, 0.2) is 0 Å². The maximum Gasteiger partial charge on any atom is 0.410 e. The Morgan fingerprint density at radius 1 is 1.15 bits per heavy atom. The highest BCUT2D eigenvalue weighted by atomic mass is 16.6. The van der Waals surface area contributed by atoms with Crippen LogP contribution in [0.25, 0.3) is 0 Å². The number of nitrogen functional groups attached to an aromatic ring is 1. The van der Waals surface area contributed by atoms with Crippen LogP contribution in [0.1, 0.15) is 45.6 Å². The van der Waals surface area contributed by atoms with E-state index in [9.17, 15) is 9.59 Å². The molecule has 2 saturated heterocycles. The Balaban J connectivity index is 1.60. The van der Waals surface area contributed by atoms with E-state index in [2.05, 4.69) is 0 Å². The van der Waals surface area contributed by atoms with Crippen LogP contribution in [-0.2, 0) is 16.1 Å². The van der Waals surface area contributed by atoms with E-state index < -0.39 is 5.60 Å². The molecule has 2 heterocycles. The van der Waals surface area contributed by atoms with Crippen LogP contribution in [0.4, 0.5) is 10.5 Å². The van der Waals surface area contributed by atoms with Crippen LogP contribution in [0.5, 0.6) is 0 Å². The largest absolute Gasteiger partial charge is 0.444 e. The number of amides is 2. The van der Waals surface area contributed by atoms with Crippen LogP contribution in [0, 0.1) is 5.41 Å². The molecule has 2 aliphatic rings. The van der Waals surface area contributed by atoms with Crippen molar-refractivity contribution in [2.45, 2.75) is 52.2 Å². The van der Waals surface area contributed by atoms with Gasteiger partial charge in [0.05, 0.1) is 5.41 Å². The van der Waals surface area contributed by atoms with E-state index in [4.69, 9.17) is 10.5 Å². The molecular formula is C20H29N3O3. The summed E-state index contributed by atoms with van der Waals surface area (Å²) in [5, 5.41) is 0. The lowest BCUT2D eigenvalue weighted by Crippen LogP contribution is -2.47. The molecule has 1 aromatic rings. The van der Waals surface area contributed by atoms with Crippen molar-refractivity contribution in [3.8, 4) is 0 Å². The molecule has 2 aliphatic heterocycles. The number of nitrogens with zero attached hydrogens (tertiary/aromatic N) is 2. The molecule has 0 atom stereocenters. The lowest BCUT2D eigenvalue weighted by Gasteiger charge is -2.38. The Labute approximate surface area is 155 Å². The number of anilines is 1. The fourth-order valence-corrected chi connectivity index (χ4v) is 3.84. The minimum absolute atomic E-state index is 0.199. The number of para-hydroxylation sites is 1. The molecule has 2 fully saturated rings. The maximum absolute atomic E-state index is 13.1. The average molecular weight is 359 g/mol. The van der Waals surface area contributed by atoms with Crippen LogP contribution in [0.2, 0.25) is 0 Å². The third kappa shape index (κ3) is 3.79. The number of hydrogen-bond donors (Lipinski definition) is 1. The molecule has 0 bridgehead atoms. The van der Waals surface area contributed by atoms with Crippen LogP contribution < -0.4 is 5.73 Å². The van der Waals surface area contributed by atoms with E-state index in [1.54, 1.807) is 4.90 Å². The molecule has 2 N–H and O–H groups in total. The molecule has 6 nitrogen and oxygen atoms in total. The number of hydrogen-bond acceptors (Lipinski definition) is 4. The Bertz CT molecular complexity index is 688. The van der Waals surface area contributed by atoms with Gasteiger partial charge in [-0.3, -0.25) is 4.79 Å². The monoisotopic (exact) mass is 359 g/mol. The summed E-state index contributed by atoms with van der Waals surface area (Å²) in [6, 6.07) is 7.68. The van der Waals surface area contributed by atoms with Crippen molar-refractivity contribution < 1.29 is 14.3 Å². The van der Waals surface area contributed by atoms with Gasteiger partial charge in [-0.1, -0.05) is 18.2 Å². The zero-order valence-corrected chi connectivity index (χ0v) is 16.0. The maximum atomic E-state index is 13.1. The second-order valence-corrected chi connectivity index (χ2v) is 8.42. The van der Waals surface area contributed by atoms with Gasteiger partial charge < -0.3 is 20.3 Å². The second kappa shape index (κ2) is 6.82. The quantitative estimate of drug-likeness (QED) is 0.824. The van der Waals surface area contributed by atoms with Gasteiger partial charge in [0.1, 0.15) is 5.60 Å². The molecule has 1 spiro atoms. The summed E-state index contributed by atoms with van der Waals surface area (Å²) in [5.41, 5.74) is 6.90. The molecule has 142 valence electrons. The lowest BCUT2D eigenvalue weighted by molar-refractivity contribution is -0.138. The topological polar surface area (TPSA) is 75.9 Å². The summed E-state index contributed by atoms with van der Waals surface area (Å²) < 4.78 is 5.45. The Hall–Kier alpha value is -2.24. The Morgan fingerprint density at radius 2 is 1.77 bits per heavy atom. The molecule has 0 aromatic heterocycles. The molecule has 0 saturated carbocycles. The van der Waals surface area contributed by atoms with Crippen molar-refractivity contribution in [3.05, 3.63) is 29.8 Å². The van der Waals surface area contributed by atoms with E-state index >= 15 is 0 Å². The molecule has 6 heteroatoms. The number of benzene rings is 1.